The highest BCUT2D eigenvalue weighted by molar-refractivity contribution is 5.75. The number of hydrogen-bond donors (Lipinski definition) is 0. The number of rotatable bonds is 3. The third-order valence-electron chi connectivity index (χ3n) is 3.05. The number of pyridine rings is 1. The molecule has 0 N–H and O–H groups in total. The quantitative estimate of drug-likeness (QED) is 0.809. The van der Waals surface area contributed by atoms with Crippen LogP contribution in [0.25, 0.3) is 11.6 Å². The molecular weight excluding hydrogens is 273 g/mol. The van der Waals surface area contributed by atoms with Gasteiger partial charge in [0.05, 0.1) is 5.56 Å². The van der Waals surface area contributed by atoms with Crippen molar-refractivity contribution in [2.75, 3.05) is 0 Å². The van der Waals surface area contributed by atoms with Gasteiger partial charge >= 0.3 is 6.18 Å². The van der Waals surface area contributed by atoms with E-state index in [2.05, 4.69) is 9.97 Å². The van der Waals surface area contributed by atoms with Gasteiger partial charge in [0, 0.05) is 12.1 Å². The summed E-state index contributed by atoms with van der Waals surface area (Å²) in [5, 5.41) is 0. The van der Waals surface area contributed by atoms with E-state index in [1.807, 2.05) is 0 Å². The van der Waals surface area contributed by atoms with E-state index >= 15 is 0 Å². The van der Waals surface area contributed by atoms with Gasteiger partial charge in [-0.3, -0.25) is 9.78 Å². The minimum atomic E-state index is -4.44. The fourth-order valence-corrected chi connectivity index (χ4v) is 1.86. The fraction of sp³-hybridized carbons (Fsp3) is 0.308. The largest absolute Gasteiger partial charge is 0.439 e. The predicted molar refractivity (Wildman–Crippen MR) is 62.1 cm³/mol. The lowest BCUT2D eigenvalue weighted by atomic mass is 10.2. The van der Waals surface area contributed by atoms with Crippen LogP contribution < -0.4 is 0 Å². The molecule has 2 heterocycles. The molecule has 104 valence electrons. The molecule has 0 aliphatic heterocycles. The van der Waals surface area contributed by atoms with Crippen molar-refractivity contribution in [3.05, 3.63) is 35.3 Å². The Balaban J connectivity index is 1.94. The average Bonchev–Trinajstić information content (AvgIpc) is 3.17. The molecule has 20 heavy (non-hydrogen) atoms. The van der Waals surface area contributed by atoms with Crippen molar-refractivity contribution < 1.29 is 22.4 Å². The monoisotopic (exact) mass is 282 g/mol. The molecule has 1 aliphatic carbocycles. The minimum absolute atomic E-state index is 0.0720. The highest BCUT2D eigenvalue weighted by Crippen LogP contribution is 2.42. The predicted octanol–water partition coefficient (Wildman–Crippen LogP) is 3.45. The number of aromatic nitrogens is 2. The van der Waals surface area contributed by atoms with Gasteiger partial charge in [-0.2, -0.15) is 13.2 Å². The summed E-state index contributed by atoms with van der Waals surface area (Å²) >= 11 is 0. The summed E-state index contributed by atoms with van der Waals surface area (Å²) in [6.07, 6.45) is -1.28. The molecule has 0 aromatic carbocycles. The summed E-state index contributed by atoms with van der Waals surface area (Å²) in [5.41, 5.74) is -0.469. The third kappa shape index (κ3) is 2.31. The van der Waals surface area contributed by atoms with Crippen LogP contribution in [-0.4, -0.2) is 16.3 Å². The van der Waals surface area contributed by atoms with E-state index in [1.54, 1.807) is 0 Å². The second kappa shape index (κ2) is 4.43. The number of carbonyl (C=O) groups excluding carboxylic acids is 1. The van der Waals surface area contributed by atoms with Gasteiger partial charge in [-0.25, -0.2) is 4.98 Å². The zero-order valence-corrected chi connectivity index (χ0v) is 10.1. The first-order chi connectivity index (χ1) is 9.49. The number of hydrogen-bond acceptors (Lipinski definition) is 4. The molecule has 1 fully saturated rings. The summed E-state index contributed by atoms with van der Waals surface area (Å²) < 4.78 is 42.8. The molecule has 0 bridgehead atoms. The van der Waals surface area contributed by atoms with E-state index in [1.165, 1.54) is 6.07 Å². The third-order valence-corrected chi connectivity index (χ3v) is 3.05. The lowest BCUT2D eigenvalue weighted by molar-refractivity contribution is -0.137. The van der Waals surface area contributed by atoms with Crippen LogP contribution >= 0.6 is 0 Å². The topological polar surface area (TPSA) is 56.0 Å². The standard InChI is InChI=1S/C13H9F3N2O2/c14-13(15,16)8-3-4-9(17-5-8)12-18-10(6-19)11(20-12)7-1-2-7/h3-7H,1-2H2. The Labute approximate surface area is 111 Å². The normalized spacial score (nSPS) is 15.3. The molecule has 0 radical (unpaired) electrons. The number of carbonyl (C=O) groups is 1. The van der Waals surface area contributed by atoms with Gasteiger partial charge in [0.25, 0.3) is 0 Å². The van der Waals surface area contributed by atoms with E-state index < -0.39 is 11.7 Å². The van der Waals surface area contributed by atoms with Crippen LogP contribution in [-0.2, 0) is 6.18 Å². The van der Waals surface area contributed by atoms with Crippen molar-refractivity contribution >= 4 is 6.29 Å². The molecule has 0 atom stereocenters. The van der Waals surface area contributed by atoms with Crippen molar-refractivity contribution in [1.82, 2.24) is 9.97 Å². The van der Waals surface area contributed by atoms with E-state index in [4.69, 9.17) is 4.42 Å². The van der Waals surface area contributed by atoms with E-state index in [-0.39, 0.29) is 23.2 Å². The highest BCUT2D eigenvalue weighted by atomic mass is 19.4. The second-order valence-corrected chi connectivity index (χ2v) is 4.59. The van der Waals surface area contributed by atoms with Crippen LogP contribution in [0.3, 0.4) is 0 Å². The number of alkyl halides is 3. The Hall–Kier alpha value is -2.18. The van der Waals surface area contributed by atoms with Gasteiger partial charge in [-0.05, 0) is 25.0 Å². The van der Waals surface area contributed by atoms with Gasteiger partial charge in [0.15, 0.2) is 6.29 Å². The van der Waals surface area contributed by atoms with Crippen LogP contribution in [0.15, 0.2) is 22.7 Å². The molecule has 4 nitrogen and oxygen atoms in total. The zero-order chi connectivity index (χ0) is 14.3. The van der Waals surface area contributed by atoms with Crippen LogP contribution in [0.5, 0.6) is 0 Å². The van der Waals surface area contributed by atoms with Crippen molar-refractivity contribution in [3.8, 4) is 11.6 Å². The maximum absolute atomic E-state index is 12.4. The molecule has 2 aromatic heterocycles. The molecule has 2 aromatic rings. The zero-order valence-electron chi connectivity index (χ0n) is 10.1. The lowest BCUT2D eigenvalue weighted by Gasteiger charge is -2.05. The first kappa shape index (κ1) is 12.8. The smallest absolute Gasteiger partial charge is 0.417 e. The van der Waals surface area contributed by atoms with E-state index in [0.717, 1.165) is 25.1 Å². The average molecular weight is 282 g/mol. The molecule has 0 spiro atoms. The molecular formula is C13H9F3N2O2. The Morgan fingerprint density at radius 2 is 2.05 bits per heavy atom. The van der Waals surface area contributed by atoms with Crippen LogP contribution in [0.1, 0.15) is 40.6 Å². The Morgan fingerprint density at radius 3 is 2.55 bits per heavy atom. The van der Waals surface area contributed by atoms with Crippen LogP contribution in [0.2, 0.25) is 0 Å². The minimum Gasteiger partial charge on any atom is -0.439 e. The number of oxazole rings is 1. The van der Waals surface area contributed by atoms with E-state index in [0.29, 0.717) is 12.0 Å². The molecule has 0 saturated heterocycles. The number of aldehydes is 1. The summed E-state index contributed by atoms with van der Waals surface area (Å²) in [4.78, 5) is 18.6. The first-order valence-electron chi connectivity index (χ1n) is 5.98. The van der Waals surface area contributed by atoms with Crippen molar-refractivity contribution in [2.24, 2.45) is 0 Å². The van der Waals surface area contributed by atoms with E-state index in [9.17, 15) is 18.0 Å². The maximum Gasteiger partial charge on any atom is 0.417 e. The van der Waals surface area contributed by atoms with Gasteiger partial charge in [0.1, 0.15) is 17.1 Å². The van der Waals surface area contributed by atoms with Gasteiger partial charge in [0.2, 0.25) is 5.89 Å². The summed E-state index contributed by atoms with van der Waals surface area (Å²) in [7, 11) is 0. The van der Waals surface area contributed by atoms with Crippen molar-refractivity contribution in [2.45, 2.75) is 24.9 Å². The SMILES string of the molecule is O=Cc1nc(-c2ccc(C(F)(F)F)cn2)oc1C1CC1. The van der Waals surface area contributed by atoms with Crippen molar-refractivity contribution in [3.63, 3.8) is 0 Å². The highest BCUT2D eigenvalue weighted by Gasteiger charge is 2.33. The van der Waals surface area contributed by atoms with Crippen LogP contribution in [0, 0.1) is 0 Å². The fourth-order valence-electron chi connectivity index (χ4n) is 1.86. The molecule has 0 amide bonds. The Morgan fingerprint density at radius 1 is 1.30 bits per heavy atom. The molecule has 0 unspecified atom stereocenters. The van der Waals surface area contributed by atoms with Gasteiger partial charge in [-0.15, -0.1) is 0 Å². The van der Waals surface area contributed by atoms with Crippen molar-refractivity contribution in [1.29, 1.82) is 0 Å². The van der Waals surface area contributed by atoms with Gasteiger partial charge in [-0.1, -0.05) is 0 Å². The summed E-state index contributed by atoms with van der Waals surface area (Å²) in [6, 6.07) is 2.09. The Kier molecular flexibility index (Phi) is 2.84. The second-order valence-electron chi connectivity index (χ2n) is 4.59. The van der Waals surface area contributed by atoms with Crippen LogP contribution in [0.4, 0.5) is 13.2 Å². The summed E-state index contributed by atoms with van der Waals surface area (Å²) in [5.74, 6) is 0.755. The first-order valence-corrected chi connectivity index (χ1v) is 5.98. The maximum atomic E-state index is 12.4. The Bertz CT molecular complexity index is 643. The number of nitrogens with zero attached hydrogens (tertiary/aromatic N) is 2. The molecule has 1 aliphatic rings. The lowest BCUT2D eigenvalue weighted by Crippen LogP contribution is -2.05. The van der Waals surface area contributed by atoms with Gasteiger partial charge < -0.3 is 4.42 Å². The molecule has 3 rings (SSSR count). The molecule has 7 heteroatoms. The summed E-state index contributed by atoms with van der Waals surface area (Å²) in [6.45, 7) is 0. The number of halogens is 3. The molecule has 1 saturated carbocycles.